The third-order valence-electron chi connectivity index (χ3n) is 4.73. The lowest BCUT2D eigenvalue weighted by Gasteiger charge is -2.13. The second-order valence-corrected chi connectivity index (χ2v) is 9.56. The van der Waals surface area contributed by atoms with Crippen LogP contribution in [0.4, 0.5) is 22.7 Å². The number of nitrogens with zero attached hydrogens (tertiary/aromatic N) is 5. The number of hydrogen-bond donors (Lipinski definition) is 2. The molecule has 0 spiro atoms. The zero-order valence-corrected chi connectivity index (χ0v) is 20.5. The molecule has 9 nitrogen and oxygen atoms in total. The molecule has 0 aliphatic rings. The number of anilines is 1. The average Bonchev–Trinajstić information content (AvgIpc) is 3.46. The van der Waals surface area contributed by atoms with Gasteiger partial charge in [-0.1, -0.05) is 35.2 Å². The Morgan fingerprint density at radius 1 is 1.05 bits per heavy atom. The normalized spacial score (nSPS) is 11.4. The topological polar surface area (TPSA) is 115 Å². The number of nitrogens with one attached hydrogen (secondary N) is 2. The second kappa shape index (κ2) is 11.0. The van der Waals surface area contributed by atoms with E-state index in [1.54, 1.807) is 6.92 Å². The molecule has 0 unspecified atom stereocenters. The fourth-order valence-corrected chi connectivity index (χ4v) is 4.49. The van der Waals surface area contributed by atoms with E-state index in [1.807, 2.05) is 0 Å². The Balaban J connectivity index is 1.57. The lowest BCUT2D eigenvalue weighted by atomic mass is 10.2. The van der Waals surface area contributed by atoms with Crippen LogP contribution in [0.3, 0.4) is 0 Å². The fraction of sp³-hybridized carbons (Fsp3) is 0.182. The van der Waals surface area contributed by atoms with Crippen molar-refractivity contribution in [3.63, 3.8) is 0 Å². The molecule has 2 aromatic carbocycles. The molecule has 4 aromatic rings. The van der Waals surface area contributed by atoms with Gasteiger partial charge in [0, 0.05) is 5.56 Å². The van der Waals surface area contributed by atoms with Crippen LogP contribution in [0.15, 0.2) is 53.7 Å². The smallest absolute Gasteiger partial charge is 0.345 e. The average molecular weight is 552 g/mol. The summed E-state index contributed by atoms with van der Waals surface area (Å²) in [6, 6.07) is 9.50. The van der Waals surface area contributed by atoms with Crippen LogP contribution in [0.2, 0.25) is 0 Å². The first-order valence-electron chi connectivity index (χ1n) is 10.5. The molecule has 4 rings (SSSR count). The number of carbonyl (C=O) groups is 2. The van der Waals surface area contributed by atoms with Gasteiger partial charge in [0.2, 0.25) is 11.0 Å². The summed E-state index contributed by atoms with van der Waals surface area (Å²) in [5, 5.41) is 21.9. The Labute approximate surface area is 215 Å². The molecule has 0 bridgehead atoms. The van der Waals surface area contributed by atoms with Crippen molar-refractivity contribution in [1.82, 2.24) is 30.3 Å². The summed E-state index contributed by atoms with van der Waals surface area (Å²) in [6.45, 7) is 1.50. The molecule has 2 heterocycles. The predicted molar refractivity (Wildman–Crippen MR) is 128 cm³/mol. The van der Waals surface area contributed by atoms with Gasteiger partial charge >= 0.3 is 6.18 Å². The van der Waals surface area contributed by atoms with Crippen LogP contribution in [-0.2, 0) is 17.5 Å². The van der Waals surface area contributed by atoms with Crippen LogP contribution in [0.5, 0.6) is 0 Å². The second-order valence-electron chi connectivity index (χ2n) is 7.44. The number of carbonyl (C=O) groups excluding carboxylic acids is 2. The summed E-state index contributed by atoms with van der Waals surface area (Å²) >= 11 is 2.12. The van der Waals surface area contributed by atoms with E-state index in [1.165, 1.54) is 46.2 Å². The zero-order chi connectivity index (χ0) is 26.6. The maximum atomic E-state index is 13.5. The fourth-order valence-electron chi connectivity index (χ4n) is 3.11. The van der Waals surface area contributed by atoms with E-state index in [0.717, 1.165) is 30.0 Å². The van der Waals surface area contributed by atoms with E-state index in [-0.39, 0.29) is 34.5 Å². The van der Waals surface area contributed by atoms with Crippen molar-refractivity contribution in [1.29, 1.82) is 0 Å². The summed E-state index contributed by atoms with van der Waals surface area (Å²) in [6.07, 6.45) is -4.59. The molecule has 0 fully saturated rings. The lowest BCUT2D eigenvalue weighted by Crippen LogP contribution is -2.25. The van der Waals surface area contributed by atoms with Gasteiger partial charge in [0.05, 0.1) is 23.5 Å². The highest BCUT2D eigenvalue weighted by molar-refractivity contribution is 7.99. The van der Waals surface area contributed by atoms with E-state index < -0.39 is 29.4 Å². The quantitative estimate of drug-likeness (QED) is 0.249. The van der Waals surface area contributed by atoms with E-state index in [4.69, 9.17) is 0 Å². The van der Waals surface area contributed by atoms with Crippen molar-refractivity contribution in [3.05, 3.63) is 76.3 Å². The third kappa shape index (κ3) is 6.68. The Bertz CT molecular complexity index is 1440. The molecule has 0 radical (unpaired) electrons. The van der Waals surface area contributed by atoms with Crippen molar-refractivity contribution in [2.45, 2.75) is 24.8 Å². The molecule has 0 saturated heterocycles. The first-order chi connectivity index (χ1) is 17.6. The molecule has 2 amide bonds. The van der Waals surface area contributed by atoms with Crippen LogP contribution in [0, 0.1) is 12.7 Å². The number of rotatable bonds is 8. The molecule has 192 valence electrons. The Morgan fingerprint density at radius 2 is 1.84 bits per heavy atom. The molecular formula is C22H17F4N7O2S2. The standard InChI is InChI=1S/C22H17F4N7O2S2/c1-12-29-31-20(37-12)28-18(34)11-36-21-32-30-17(10-27-19(35)13-4-2-6-15(23)8-13)33(21)16-7-3-5-14(9-16)22(24,25)26/h2-9H,10-11H2,1H3,(H,27,35)(H,28,31,34). The zero-order valence-electron chi connectivity index (χ0n) is 18.9. The van der Waals surface area contributed by atoms with Crippen molar-refractivity contribution in [3.8, 4) is 5.69 Å². The molecular weight excluding hydrogens is 534 g/mol. The number of amides is 2. The van der Waals surface area contributed by atoms with Gasteiger partial charge in [-0.2, -0.15) is 13.2 Å². The first-order valence-corrected chi connectivity index (χ1v) is 12.3. The molecule has 0 saturated carbocycles. The van der Waals surface area contributed by atoms with Crippen LogP contribution < -0.4 is 10.6 Å². The minimum Gasteiger partial charge on any atom is -0.345 e. The Kier molecular flexibility index (Phi) is 7.83. The van der Waals surface area contributed by atoms with Crippen LogP contribution in [0.1, 0.15) is 26.8 Å². The highest BCUT2D eigenvalue weighted by Crippen LogP contribution is 2.31. The van der Waals surface area contributed by atoms with Gasteiger partial charge in [0.25, 0.3) is 5.91 Å². The number of alkyl halides is 3. The van der Waals surface area contributed by atoms with Gasteiger partial charge < -0.3 is 5.32 Å². The van der Waals surface area contributed by atoms with Crippen LogP contribution >= 0.6 is 23.1 Å². The number of aryl methyl sites for hydroxylation is 1. The number of thioether (sulfide) groups is 1. The van der Waals surface area contributed by atoms with Crippen molar-refractivity contribution in [2.24, 2.45) is 0 Å². The largest absolute Gasteiger partial charge is 0.416 e. The first kappa shape index (κ1) is 26.2. The minimum absolute atomic E-state index is 0.0586. The molecule has 0 aliphatic carbocycles. The summed E-state index contributed by atoms with van der Waals surface area (Å²) in [5.74, 6) is -1.68. The molecule has 0 atom stereocenters. The van der Waals surface area contributed by atoms with E-state index in [9.17, 15) is 27.2 Å². The van der Waals surface area contributed by atoms with E-state index >= 15 is 0 Å². The van der Waals surface area contributed by atoms with Gasteiger partial charge in [-0.15, -0.1) is 20.4 Å². The molecule has 15 heteroatoms. The van der Waals surface area contributed by atoms with Gasteiger partial charge in [-0.05, 0) is 43.3 Å². The van der Waals surface area contributed by atoms with Crippen molar-refractivity contribution in [2.75, 3.05) is 11.1 Å². The van der Waals surface area contributed by atoms with Crippen LogP contribution in [-0.4, -0.2) is 42.5 Å². The SMILES string of the molecule is Cc1nnc(NC(=O)CSc2nnc(CNC(=O)c3cccc(F)c3)n2-c2cccc(C(F)(F)F)c2)s1. The number of halogens is 4. The summed E-state index contributed by atoms with van der Waals surface area (Å²) in [7, 11) is 0. The number of aromatic nitrogens is 5. The molecule has 2 aromatic heterocycles. The lowest BCUT2D eigenvalue weighted by molar-refractivity contribution is -0.137. The van der Waals surface area contributed by atoms with Gasteiger partial charge in [-0.25, -0.2) is 4.39 Å². The van der Waals surface area contributed by atoms with Crippen LogP contribution in [0.25, 0.3) is 5.69 Å². The summed E-state index contributed by atoms with van der Waals surface area (Å²) in [4.78, 5) is 24.8. The van der Waals surface area contributed by atoms with Gasteiger partial charge in [-0.3, -0.25) is 19.5 Å². The molecule has 0 aliphatic heterocycles. The van der Waals surface area contributed by atoms with E-state index in [2.05, 4.69) is 31.0 Å². The molecule has 2 N–H and O–H groups in total. The molecule has 37 heavy (non-hydrogen) atoms. The Morgan fingerprint density at radius 3 is 2.54 bits per heavy atom. The van der Waals surface area contributed by atoms with Gasteiger partial charge in [0.15, 0.2) is 11.0 Å². The number of hydrogen-bond acceptors (Lipinski definition) is 8. The predicted octanol–water partition coefficient (Wildman–Crippen LogP) is 4.25. The monoisotopic (exact) mass is 551 g/mol. The van der Waals surface area contributed by atoms with Gasteiger partial charge in [0.1, 0.15) is 10.8 Å². The Hall–Kier alpha value is -3.85. The third-order valence-corrected chi connectivity index (χ3v) is 6.41. The van der Waals surface area contributed by atoms with E-state index in [0.29, 0.717) is 10.1 Å². The van der Waals surface area contributed by atoms with Crippen molar-refractivity contribution >= 4 is 40.0 Å². The summed E-state index contributed by atoms with van der Waals surface area (Å²) < 4.78 is 54.8. The minimum atomic E-state index is -4.59. The maximum absolute atomic E-state index is 13.5. The van der Waals surface area contributed by atoms with Crippen molar-refractivity contribution < 1.29 is 27.2 Å². The maximum Gasteiger partial charge on any atom is 0.416 e. The highest BCUT2D eigenvalue weighted by atomic mass is 32.2. The number of benzene rings is 2. The highest BCUT2D eigenvalue weighted by Gasteiger charge is 2.31. The summed E-state index contributed by atoms with van der Waals surface area (Å²) in [5.41, 5.74) is -0.755.